The summed E-state index contributed by atoms with van der Waals surface area (Å²) in [5, 5.41) is 27.8. The van der Waals surface area contributed by atoms with E-state index in [1.54, 1.807) is 36.4 Å². The maximum Gasteiger partial charge on any atom is 0.176 e. The van der Waals surface area contributed by atoms with Crippen LogP contribution in [0.3, 0.4) is 0 Å². The van der Waals surface area contributed by atoms with E-state index >= 15 is 0 Å². The van der Waals surface area contributed by atoms with Gasteiger partial charge in [0, 0.05) is 16.8 Å². The molecule has 0 unspecified atom stereocenters. The van der Waals surface area contributed by atoms with Gasteiger partial charge in [0.2, 0.25) is 0 Å². The molecule has 144 valence electrons. The van der Waals surface area contributed by atoms with Gasteiger partial charge in [-0.25, -0.2) is 9.61 Å². The minimum atomic E-state index is 0.339. The second-order valence-corrected chi connectivity index (χ2v) is 6.77. The van der Waals surface area contributed by atoms with Gasteiger partial charge >= 0.3 is 0 Å². The number of imidazole rings is 1. The number of pyridine rings is 1. The molecule has 5 aromatic rings. The lowest BCUT2D eigenvalue weighted by atomic mass is 10.1. The number of benzene rings is 2. The van der Waals surface area contributed by atoms with Crippen LogP contribution >= 0.6 is 0 Å². The van der Waals surface area contributed by atoms with Crippen LogP contribution in [0.5, 0.6) is 0 Å². The highest BCUT2D eigenvalue weighted by atomic mass is 16.6. The fraction of sp³-hybridized carbons (Fsp3) is 0.0455. The molecule has 0 saturated carbocycles. The Morgan fingerprint density at radius 2 is 1.70 bits per heavy atom. The highest BCUT2D eigenvalue weighted by molar-refractivity contribution is 5.86. The van der Waals surface area contributed by atoms with Crippen molar-refractivity contribution in [1.29, 1.82) is 5.26 Å². The number of fused-ring (bicyclic) bond motifs is 1. The Morgan fingerprint density at radius 3 is 2.47 bits per heavy atom. The van der Waals surface area contributed by atoms with Crippen LogP contribution in [0.4, 0.5) is 0 Å². The van der Waals surface area contributed by atoms with Crippen molar-refractivity contribution in [3.05, 3.63) is 71.9 Å². The third-order valence-corrected chi connectivity index (χ3v) is 4.78. The van der Waals surface area contributed by atoms with Crippen LogP contribution in [-0.4, -0.2) is 30.2 Å². The molecule has 1 N–H and O–H groups in total. The predicted molar refractivity (Wildman–Crippen MR) is 108 cm³/mol. The van der Waals surface area contributed by atoms with Crippen molar-refractivity contribution < 1.29 is 9.84 Å². The van der Waals surface area contributed by atoms with Gasteiger partial charge in [-0.2, -0.15) is 9.99 Å². The van der Waals surface area contributed by atoms with E-state index in [0.29, 0.717) is 45.1 Å². The monoisotopic (exact) mass is 394 g/mol. The first kappa shape index (κ1) is 17.6. The molecule has 0 aliphatic carbocycles. The van der Waals surface area contributed by atoms with Gasteiger partial charge < -0.3 is 5.21 Å². The number of nitriles is 1. The van der Waals surface area contributed by atoms with Crippen LogP contribution < -0.4 is 0 Å². The molecule has 0 aliphatic rings. The molecular weight excluding hydrogens is 380 g/mol. The quantitative estimate of drug-likeness (QED) is 0.455. The molecule has 8 nitrogen and oxygen atoms in total. The smallest absolute Gasteiger partial charge is 0.176 e. The van der Waals surface area contributed by atoms with Crippen molar-refractivity contribution in [3.8, 4) is 40.1 Å². The first-order chi connectivity index (χ1) is 14.6. The Morgan fingerprint density at radius 1 is 0.933 bits per heavy atom. The van der Waals surface area contributed by atoms with Crippen molar-refractivity contribution in [2.24, 2.45) is 0 Å². The molecule has 2 aromatic carbocycles. The SMILES string of the molecule is Cc1cccc(-c2c(-c3ccc4nonc4c3)nc(-c3ccc(C#N)cc3)n2O)n1. The molecular formula is C22H14N6O2. The van der Waals surface area contributed by atoms with Crippen LogP contribution in [0.25, 0.3) is 45.1 Å². The highest BCUT2D eigenvalue weighted by Crippen LogP contribution is 2.35. The van der Waals surface area contributed by atoms with Gasteiger partial charge in [-0.1, -0.05) is 12.1 Å². The molecule has 0 fully saturated rings. The van der Waals surface area contributed by atoms with E-state index in [0.717, 1.165) is 16.0 Å². The number of nitrogens with zero attached hydrogens (tertiary/aromatic N) is 6. The van der Waals surface area contributed by atoms with E-state index < -0.39 is 0 Å². The zero-order valence-electron chi connectivity index (χ0n) is 15.8. The molecule has 0 bridgehead atoms. The van der Waals surface area contributed by atoms with Crippen molar-refractivity contribution in [3.63, 3.8) is 0 Å². The number of aromatic nitrogens is 5. The van der Waals surface area contributed by atoms with Crippen LogP contribution in [0.2, 0.25) is 0 Å². The molecule has 3 aromatic heterocycles. The molecule has 0 aliphatic heterocycles. The second-order valence-electron chi connectivity index (χ2n) is 6.77. The summed E-state index contributed by atoms with van der Waals surface area (Å²) >= 11 is 0. The Kier molecular flexibility index (Phi) is 4.00. The third-order valence-electron chi connectivity index (χ3n) is 4.78. The Labute approximate surface area is 170 Å². The first-order valence-corrected chi connectivity index (χ1v) is 9.13. The van der Waals surface area contributed by atoms with Crippen molar-refractivity contribution >= 4 is 11.0 Å². The molecule has 5 rings (SSSR count). The largest absolute Gasteiger partial charge is 0.426 e. The van der Waals surface area contributed by atoms with E-state index in [-0.39, 0.29) is 0 Å². The summed E-state index contributed by atoms with van der Waals surface area (Å²) in [6, 6.07) is 20.0. The summed E-state index contributed by atoms with van der Waals surface area (Å²) in [6.45, 7) is 1.88. The van der Waals surface area contributed by atoms with Gasteiger partial charge in [0.1, 0.15) is 22.4 Å². The van der Waals surface area contributed by atoms with Gasteiger partial charge in [-0.15, -0.1) is 0 Å². The molecule has 0 atom stereocenters. The van der Waals surface area contributed by atoms with Gasteiger partial charge in [0.25, 0.3) is 0 Å². The van der Waals surface area contributed by atoms with Gasteiger partial charge in [0.05, 0.1) is 17.3 Å². The number of hydrogen-bond donors (Lipinski definition) is 1. The molecule has 30 heavy (non-hydrogen) atoms. The van der Waals surface area contributed by atoms with E-state index in [9.17, 15) is 5.21 Å². The summed E-state index contributed by atoms with van der Waals surface area (Å²) in [4.78, 5) is 9.28. The number of hydrogen-bond acceptors (Lipinski definition) is 7. The zero-order valence-corrected chi connectivity index (χ0v) is 15.8. The van der Waals surface area contributed by atoms with Crippen molar-refractivity contribution in [2.45, 2.75) is 6.92 Å². The third kappa shape index (κ3) is 2.86. The maximum atomic E-state index is 11.1. The van der Waals surface area contributed by atoms with E-state index in [2.05, 4.69) is 21.4 Å². The minimum Gasteiger partial charge on any atom is -0.426 e. The Bertz CT molecular complexity index is 1430. The summed E-state index contributed by atoms with van der Waals surface area (Å²) in [5.41, 5.74) is 5.54. The van der Waals surface area contributed by atoms with Crippen molar-refractivity contribution in [1.82, 2.24) is 25.0 Å². The predicted octanol–water partition coefficient (Wildman–Crippen LogP) is 4.23. The highest BCUT2D eigenvalue weighted by Gasteiger charge is 2.22. The average Bonchev–Trinajstić information content (AvgIpc) is 3.37. The molecule has 0 amide bonds. The average molecular weight is 394 g/mol. The first-order valence-electron chi connectivity index (χ1n) is 9.13. The lowest BCUT2D eigenvalue weighted by Gasteiger charge is -2.06. The topological polar surface area (TPSA) is 114 Å². The number of rotatable bonds is 3. The van der Waals surface area contributed by atoms with E-state index in [1.165, 1.54) is 0 Å². The lowest BCUT2D eigenvalue weighted by molar-refractivity contribution is 0.195. The lowest BCUT2D eigenvalue weighted by Crippen LogP contribution is -1.99. The van der Waals surface area contributed by atoms with Crippen molar-refractivity contribution in [2.75, 3.05) is 0 Å². The molecule has 0 radical (unpaired) electrons. The summed E-state index contributed by atoms with van der Waals surface area (Å²) in [5.74, 6) is 0.339. The minimum absolute atomic E-state index is 0.339. The number of aryl methyl sites for hydroxylation is 1. The van der Waals surface area contributed by atoms with Gasteiger partial charge in [-0.3, -0.25) is 4.98 Å². The second kappa shape index (κ2) is 6.83. The van der Waals surface area contributed by atoms with Gasteiger partial charge in [-0.05, 0) is 65.8 Å². The standard InChI is InChI=1S/C22H14N6O2/c1-13-3-2-4-18(24-13)21-20(16-9-10-17-19(11-16)27-30-26-17)25-22(28(21)29)15-7-5-14(12-23)6-8-15/h2-11,29H,1H3. The van der Waals surface area contributed by atoms with E-state index in [4.69, 9.17) is 14.9 Å². The molecule has 8 heteroatoms. The van der Waals surface area contributed by atoms with Crippen LogP contribution in [0.1, 0.15) is 11.3 Å². The molecule has 0 spiro atoms. The van der Waals surface area contributed by atoms with Crippen LogP contribution in [-0.2, 0) is 0 Å². The van der Waals surface area contributed by atoms with E-state index in [1.807, 2.05) is 31.2 Å². The molecule has 3 heterocycles. The van der Waals surface area contributed by atoms with Crippen LogP contribution in [0.15, 0.2) is 65.3 Å². The summed E-state index contributed by atoms with van der Waals surface area (Å²) in [6.07, 6.45) is 0. The summed E-state index contributed by atoms with van der Waals surface area (Å²) in [7, 11) is 0. The summed E-state index contributed by atoms with van der Waals surface area (Å²) < 4.78 is 5.82. The fourth-order valence-corrected chi connectivity index (χ4v) is 3.33. The maximum absolute atomic E-state index is 11.1. The zero-order chi connectivity index (χ0) is 20.7. The molecule has 0 saturated heterocycles. The van der Waals surface area contributed by atoms with Gasteiger partial charge in [0.15, 0.2) is 5.82 Å². The fourth-order valence-electron chi connectivity index (χ4n) is 3.33. The van der Waals surface area contributed by atoms with Crippen LogP contribution in [0, 0.1) is 18.3 Å². The Balaban J connectivity index is 1.76. The normalized spacial score (nSPS) is 10.9. The Hall–Kier alpha value is -4.51.